The molecule has 27 nitrogen and oxygen atoms in total. The van der Waals surface area contributed by atoms with E-state index in [1.54, 1.807) is 0 Å². The van der Waals surface area contributed by atoms with E-state index in [9.17, 15) is 91.6 Å². The van der Waals surface area contributed by atoms with Crippen molar-refractivity contribution in [2.45, 2.75) is 244 Å². The van der Waals surface area contributed by atoms with Gasteiger partial charge in [0, 0.05) is 6.54 Å². The predicted octanol–water partition coefficient (Wildman–Crippen LogP) is -6.68. The molecule has 0 unspecified atom stereocenters. The van der Waals surface area contributed by atoms with Gasteiger partial charge in [-0.25, -0.2) is 0 Å². The number of rotatable bonds is 32. The molecule has 0 radical (unpaired) electrons. The molecule has 0 spiro atoms. The second-order valence-corrected chi connectivity index (χ2v) is 19.3. The molecule has 4 fully saturated rings. The van der Waals surface area contributed by atoms with Crippen LogP contribution < -0.4 is 5.32 Å². The zero-order valence-electron chi connectivity index (χ0n) is 41.3. The molecule has 4 rings (SSSR count). The van der Waals surface area contributed by atoms with Crippen LogP contribution >= 0.6 is 0 Å². The van der Waals surface area contributed by atoms with E-state index in [2.05, 4.69) is 12.2 Å². The van der Waals surface area contributed by atoms with Crippen LogP contribution in [-0.4, -0.2) is 280 Å². The van der Waals surface area contributed by atoms with Gasteiger partial charge in [-0.3, -0.25) is 4.79 Å². The lowest BCUT2D eigenvalue weighted by atomic mass is 9.95. The van der Waals surface area contributed by atoms with Crippen molar-refractivity contribution in [3.8, 4) is 0 Å². The highest BCUT2D eigenvalue weighted by atomic mass is 16.8. The van der Waals surface area contributed by atoms with Gasteiger partial charge < -0.3 is 130 Å². The van der Waals surface area contributed by atoms with Crippen LogP contribution in [0, 0.1) is 0 Å². The minimum atomic E-state index is -2.24. The molecule has 4 saturated heterocycles. The summed E-state index contributed by atoms with van der Waals surface area (Å²) in [5, 5.41) is 182. The molecule has 1 amide bonds. The molecule has 4 aliphatic rings. The van der Waals surface area contributed by atoms with Gasteiger partial charge in [-0.05, 0) is 6.42 Å². The number of ether oxygens (including phenoxy) is 8. The Bertz CT molecular complexity index is 1510. The summed E-state index contributed by atoms with van der Waals surface area (Å²) >= 11 is 0. The Kier molecular flexibility index (Phi) is 28.4. The number of hydrogen-bond donors (Lipinski definition) is 18. The van der Waals surface area contributed by atoms with Gasteiger partial charge in [-0.1, -0.05) is 90.4 Å². The number of nitrogens with one attached hydrogen (secondary N) is 1. The molecule has 0 aromatic rings. The SMILES string of the molecule is CCCCCCCCCCCCCCCCNC(=O)[C@H](O)[C@@H](O)[C@H](O[C@H]1O[C@H](CO)[C@@H](O[C@H]2O[C@H](CO)[C@@H](O[C@H]3O[C@H](CO)[C@@H](O[C@H]4O[C@H](CO)[C@@H](O)[C@H](O)[C@H]4O)[C@H](O)[C@H]3O)[C@H](O)[C@H]2O)[C@H](O)[C@H]1O)[C@H](O)CO. The Morgan fingerprint density at radius 3 is 1.18 bits per heavy atom. The fourth-order valence-corrected chi connectivity index (χ4v) is 9.27. The van der Waals surface area contributed by atoms with E-state index in [0.29, 0.717) is 6.42 Å². The largest absolute Gasteiger partial charge is 0.394 e. The average Bonchev–Trinajstić information content (AvgIpc) is 3.39. The fourth-order valence-electron chi connectivity index (χ4n) is 9.27. The van der Waals surface area contributed by atoms with E-state index in [1.165, 1.54) is 57.8 Å². The minimum Gasteiger partial charge on any atom is -0.394 e. The van der Waals surface area contributed by atoms with Crippen LogP contribution in [0.25, 0.3) is 0 Å². The molecule has 4 heterocycles. The molecule has 18 N–H and O–H groups in total. The van der Waals surface area contributed by atoms with Gasteiger partial charge in [0.2, 0.25) is 0 Å². The van der Waals surface area contributed by atoms with Crippen LogP contribution in [-0.2, 0) is 42.7 Å². The lowest BCUT2D eigenvalue weighted by Gasteiger charge is -2.49. The maximum atomic E-state index is 12.8. The smallest absolute Gasteiger partial charge is 0.251 e. The first kappa shape index (κ1) is 64.0. The van der Waals surface area contributed by atoms with Gasteiger partial charge in [0.1, 0.15) is 116 Å². The maximum Gasteiger partial charge on any atom is 0.251 e. The normalized spacial score (nSPS) is 38.9. The molecule has 27 heteroatoms. The quantitative estimate of drug-likeness (QED) is 0.0279. The van der Waals surface area contributed by atoms with Crippen molar-refractivity contribution >= 4 is 5.91 Å². The predicted molar refractivity (Wildman–Crippen MR) is 245 cm³/mol. The number of carbonyl (C=O) groups excluding carboxylic acids is 1. The van der Waals surface area contributed by atoms with Crippen molar-refractivity contribution in [1.29, 1.82) is 0 Å². The van der Waals surface area contributed by atoms with E-state index in [4.69, 9.17) is 37.9 Å². The number of aliphatic hydroxyl groups is 17. The summed E-state index contributed by atoms with van der Waals surface area (Å²) in [6.45, 7) is -2.50. The summed E-state index contributed by atoms with van der Waals surface area (Å²) in [4.78, 5) is 12.8. The highest BCUT2D eigenvalue weighted by Gasteiger charge is 2.56. The standard InChI is InChI=1S/C46H85NO26/c1-2-3-4-5-6-7-8-9-10-11-12-13-14-15-16-47-42(65)33(60)29(56)38(22(53)17-48)70-44-35(62)30(57)40(24(19-50)67-44)72-46-37(64)32(59)41(26(21-52)69-46)73-45-36(63)31(58)39(25(20-51)68-45)71-43-34(61)28(55)27(54)23(18-49)66-43/h22-41,43-46,48-64H,2-21H2,1H3,(H,47,65)/t22-,23-,24-,25-,26-,27-,28+,29-,30-,31-,32-,33-,34-,35-,36-,37-,38-,39-,40-,41-,43-,44-,45-,46-/m1/s1. The minimum absolute atomic E-state index is 0.164. The molecule has 0 saturated carbocycles. The first-order chi connectivity index (χ1) is 34.9. The number of carbonyl (C=O) groups is 1. The molecule has 0 aliphatic carbocycles. The van der Waals surface area contributed by atoms with E-state index in [-0.39, 0.29) is 6.54 Å². The second-order valence-electron chi connectivity index (χ2n) is 19.3. The van der Waals surface area contributed by atoms with Crippen molar-refractivity contribution in [2.24, 2.45) is 0 Å². The van der Waals surface area contributed by atoms with Crippen LogP contribution in [0.2, 0.25) is 0 Å². The number of aliphatic hydroxyl groups excluding tert-OH is 17. The third-order valence-electron chi connectivity index (χ3n) is 13.8. The first-order valence-corrected chi connectivity index (χ1v) is 25.6. The Morgan fingerprint density at radius 2 is 0.795 bits per heavy atom. The molecule has 24 atom stereocenters. The first-order valence-electron chi connectivity index (χ1n) is 25.6. The highest BCUT2D eigenvalue weighted by molar-refractivity contribution is 5.81. The lowest BCUT2D eigenvalue weighted by molar-refractivity contribution is -0.390. The molecule has 430 valence electrons. The summed E-state index contributed by atoms with van der Waals surface area (Å²) < 4.78 is 44.5. The van der Waals surface area contributed by atoms with Crippen LogP contribution in [0.1, 0.15) is 96.8 Å². The zero-order valence-corrected chi connectivity index (χ0v) is 41.3. The fraction of sp³-hybridized carbons (Fsp3) is 0.978. The summed E-state index contributed by atoms with van der Waals surface area (Å²) in [5.74, 6) is -1.03. The topological polar surface area (TPSA) is 447 Å². The van der Waals surface area contributed by atoms with Crippen molar-refractivity contribution in [3.63, 3.8) is 0 Å². The number of unbranched alkanes of at least 4 members (excludes halogenated alkanes) is 13. The molecule has 0 bridgehead atoms. The molecule has 0 aromatic heterocycles. The summed E-state index contributed by atoms with van der Waals surface area (Å²) in [6.07, 6.45) is -30.6. The summed E-state index contributed by atoms with van der Waals surface area (Å²) in [7, 11) is 0. The van der Waals surface area contributed by atoms with Gasteiger partial charge in [0.15, 0.2) is 31.3 Å². The second kappa shape index (κ2) is 32.4. The van der Waals surface area contributed by atoms with Crippen LogP contribution in [0.15, 0.2) is 0 Å². The summed E-state index contributed by atoms with van der Waals surface area (Å²) in [5.41, 5.74) is 0. The van der Waals surface area contributed by atoms with Gasteiger partial charge in [0.25, 0.3) is 5.91 Å². The van der Waals surface area contributed by atoms with Crippen LogP contribution in [0.3, 0.4) is 0 Å². The van der Waals surface area contributed by atoms with Crippen molar-refractivity contribution < 1.29 is 130 Å². The van der Waals surface area contributed by atoms with Crippen molar-refractivity contribution in [3.05, 3.63) is 0 Å². The van der Waals surface area contributed by atoms with E-state index in [1.807, 2.05) is 0 Å². The van der Waals surface area contributed by atoms with E-state index >= 15 is 0 Å². The summed E-state index contributed by atoms with van der Waals surface area (Å²) in [6, 6.07) is 0. The lowest BCUT2D eigenvalue weighted by Crippen LogP contribution is -2.67. The van der Waals surface area contributed by atoms with Crippen LogP contribution in [0.5, 0.6) is 0 Å². The van der Waals surface area contributed by atoms with E-state index in [0.717, 1.165) is 25.7 Å². The molecule has 4 aliphatic heterocycles. The number of amides is 1. The Morgan fingerprint density at radius 1 is 0.452 bits per heavy atom. The van der Waals surface area contributed by atoms with Gasteiger partial charge >= 0.3 is 0 Å². The van der Waals surface area contributed by atoms with Gasteiger partial charge in [-0.15, -0.1) is 0 Å². The third kappa shape index (κ3) is 17.5. The van der Waals surface area contributed by atoms with Gasteiger partial charge in [-0.2, -0.15) is 0 Å². The van der Waals surface area contributed by atoms with E-state index < -0.39 is 186 Å². The molecule has 0 aromatic carbocycles. The molecular weight excluding hydrogens is 982 g/mol. The van der Waals surface area contributed by atoms with Gasteiger partial charge in [0.05, 0.1) is 33.0 Å². The highest BCUT2D eigenvalue weighted by Crippen LogP contribution is 2.35. The van der Waals surface area contributed by atoms with Crippen molar-refractivity contribution in [2.75, 3.05) is 39.6 Å². The maximum absolute atomic E-state index is 12.8. The Balaban J connectivity index is 1.28. The number of hydrogen-bond acceptors (Lipinski definition) is 26. The van der Waals surface area contributed by atoms with Crippen molar-refractivity contribution in [1.82, 2.24) is 5.32 Å². The Hall–Kier alpha value is -1.53. The average molecular weight is 1070 g/mol. The Labute approximate surface area is 423 Å². The molecule has 73 heavy (non-hydrogen) atoms. The third-order valence-corrected chi connectivity index (χ3v) is 13.8. The molecular formula is C46H85NO26. The monoisotopic (exact) mass is 1070 g/mol. The van der Waals surface area contributed by atoms with Crippen LogP contribution in [0.4, 0.5) is 0 Å². The zero-order chi connectivity index (χ0) is 53.9.